The molecule has 1 aromatic rings. The normalized spacial score (nSPS) is 21.3. The van der Waals surface area contributed by atoms with Crippen molar-refractivity contribution < 1.29 is 38.1 Å². The molecule has 1 aromatic carbocycles. The first-order chi connectivity index (χ1) is 24.3. The molecule has 2 aliphatic carbocycles. The molecule has 9 nitrogen and oxygen atoms in total. The molecule has 0 amide bonds. The number of unbranched alkanes of at least 4 members (excludes halogenated alkanes) is 3. The zero-order chi connectivity index (χ0) is 35.9. The largest absolute Gasteiger partial charge is 0.463 e. The molecule has 0 N–H and O–H groups in total. The van der Waals surface area contributed by atoms with Gasteiger partial charge in [-0.05, 0) is 88.2 Å². The van der Waals surface area contributed by atoms with Crippen LogP contribution < -0.4 is 9.47 Å². The van der Waals surface area contributed by atoms with Crippen molar-refractivity contribution in [2.45, 2.75) is 126 Å². The molecule has 4 rings (SSSR count). The van der Waals surface area contributed by atoms with Crippen molar-refractivity contribution in [2.75, 3.05) is 13.2 Å². The second-order valence-electron chi connectivity index (χ2n) is 13.5. The SMILES string of the molecule is C=CC(=O)OCCCCOC(=O)C(C#N)=C1Sc2c(OC(=O)C3CCC(CCCC)CC3)ccc(OC(=O)C3CCC(CCCC)CC3)c2S1. The Bertz CT molecular complexity index is 1360. The number of hydrogen-bond donors (Lipinski definition) is 0. The zero-order valence-corrected chi connectivity index (χ0v) is 31.1. The topological polar surface area (TPSA) is 129 Å². The first-order valence-electron chi connectivity index (χ1n) is 18.3. The van der Waals surface area contributed by atoms with Gasteiger partial charge < -0.3 is 18.9 Å². The summed E-state index contributed by atoms with van der Waals surface area (Å²) in [5.74, 6) is -0.296. The summed E-state index contributed by atoms with van der Waals surface area (Å²) >= 11 is 2.29. The molecule has 0 atom stereocenters. The molecular weight excluding hydrogens is 675 g/mol. The van der Waals surface area contributed by atoms with E-state index >= 15 is 0 Å². The summed E-state index contributed by atoms with van der Waals surface area (Å²) in [5, 5.41) is 10.0. The summed E-state index contributed by atoms with van der Waals surface area (Å²) in [4.78, 5) is 52.1. The third kappa shape index (κ3) is 11.4. The number of benzene rings is 1. The molecular formula is C39H51NO8S2. The molecule has 0 bridgehead atoms. The molecule has 1 heterocycles. The number of carbonyl (C=O) groups is 4. The Hall–Kier alpha value is -3.23. The minimum absolute atomic E-state index is 0.0400. The number of nitriles is 1. The molecule has 272 valence electrons. The van der Waals surface area contributed by atoms with Crippen LogP contribution in [0.25, 0.3) is 0 Å². The maximum atomic E-state index is 13.4. The summed E-state index contributed by atoms with van der Waals surface area (Å²) in [6, 6.07) is 5.28. The Balaban J connectivity index is 1.47. The van der Waals surface area contributed by atoms with E-state index in [1.807, 2.05) is 6.07 Å². The van der Waals surface area contributed by atoms with E-state index in [4.69, 9.17) is 18.9 Å². The molecule has 2 saturated carbocycles. The molecule has 0 aromatic heterocycles. The number of esters is 4. The highest BCUT2D eigenvalue weighted by Crippen LogP contribution is 2.59. The Morgan fingerprint density at radius 3 is 1.64 bits per heavy atom. The summed E-state index contributed by atoms with van der Waals surface area (Å²) in [5.41, 5.74) is -0.181. The van der Waals surface area contributed by atoms with Gasteiger partial charge in [0.2, 0.25) is 0 Å². The Morgan fingerprint density at radius 2 is 1.22 bits per heavy atom. The molecule has 0 spiro atoms. The third-order valence-electron chi connectivity index (χ3n) is 9.85. The van der Waals surface area contributed by atoms with Crippen LogP contribution in [0.2, 0.25) is 0 Å². The van der Waals surface area contributed by atoms with E-state index in [0.717, 1.165) is 81.0 Å². The lowest BCUT2D eigenvalue weighted by Gasteiger charge is -2.27. The van der Waals surface area contributed by atoms with Gasteiger partial charge in [-0.2, -0.15) is 5.26 Å². The molecule has 0 radical (unpaired) electrons. The zero-order valence-electron chi connectivity index (χ0n) is 29.5. The number of ether oxygens (including phenoxy) is 4. The predicted octanol–water partition coefficient (Wildman–Crippen LogP) is 9.48. The van der Waals surface area contributed by atoms with Gasteiger partial charge in [0.25, 0.3) is 0 Å². The second-order valence-corrected chi connectivity index (χ2v) is 15.8. The minimum atomic E-state index is -0.782. The van der Waals surface area contributed by atoms with Crippen molar-refractivity contribution in [3.05, 3.63) is 34.6 Å². The van der Waals surface area contributed by atoms with Gasteiger partial charge in [0.05, 0.1) is 39.1 Å². The van der Waals surface area contributed by atoms with E-state index in [2.05, 4.69) is 20.4 Å². The van der Waals surface area contributed by atoms with Crippen LogP contribution in [0.4, 0.5) is 0 Å². The average Bonchev–Trinajstić information content (AvgIpc) is 3.58. The van der Waals surface area contributed by atoms with Gasteiger partial charge in [-0.3, -0.25) is 9.59 Å². The quantitative estimate of drug-likeness (QED) is 0.0501. The molecule has 11 heteroatoms. The van der Waals surface area contributed by atoms with Crippen LogP contribution in [0.15, 0.2) is 44.4 Å². The highest BCUT2D eigenvalue weighted by atomic mass is 32.2. The van der Waals surface area contributed by atoms with Crippen LogP contribution in [0, 0.1) is 35.0 Å². The van der Waals surface area contributed by atoms with Crippen LogP contribution in [-0.2, 0) is 28.7 Å². The van der Waals surface area contributed by atoms with Gasteiger partial charge in [-0.25, -0.2) is 9.59 Å². The maximum absolute atomic E-state index is 13.4. The number of rotatable bonds is 17. The Morgan fingerprint density at radius 1 is 0.760 bits per heavy atom. The van der Waals surface area contributed by atoms with E-state index < -0.39 is 11.9 Å². The minimum Gasteiger partial charge on any atom is -0.463 e. The van der Waals surface area contributed by atoms with E-state index in [1.54, 1.807) is 12.1 Å². The number of nitrogens with zero attached hydrogens (tertiary/aromatic N) is 1. The van der Waals surface area contributed by atoms with Crippen molar-refractivity contribution in [3.8, 4) is 17.6 Å². The van der Waals surface area contributed by atoms with Crippen molar-refractivity contribution in [1.82, 2.24) is 0 Å². The molecule has 3 aliphatic rings. The summed E-state index contributed by atoms with van der Waals surface area (Å²) in [7, 11) is 0. The van der Waals surface area contributed by atoms with Crippen molar-refractivity contribution in [1.29, 1.82) is 5.26 Å². The maximum Gasteiger partial charge on any atom is 0.350 e. The van der Waals surface area contributed by atoms with Gasteiger partial charge in [0.1, 0.15) is 17.6 Å². The van der Waals surface area contributed by atoms with Gasteiger partial charge in [0.15, 0.2) is 5.57 Å². The highest BCUT2D eigenvalue weighted by molar-refractivity contribution is 8.24. The lowest BCUT2D eigenvalue weighted by atomic mass is 9.80. The molecule has 0 unspecified atom stereocenters. The first kappa shape index (κ1) is 39.6. The fourth-order valence-electron chi connectivity index (χ4n) is 6.78. The monoisotopic (exact) mass is 725 g/mol. The second kappa shape index (κ2) is 20.6. The molecule has 1 aliphatic heterocycles. The van der Waals surface area contributed by atoms with Crippen molar-refractivity contribution >= 4 is 47.4 Å². The smallest absolute Gasteiger partial charge is 0.350 e. The van der Waals surface area contributed by atoms with Gasteiger partial charge >= 0.3 is 23.9 Å². The highest BCUT2D eigenvalue weighted by Gasteiger charge is 2.35. The van der Waals surface area contributed by atoms with E-state index in [9.17, 15) is 24.4 Å². The molecule has 0 saturated heterocycles. The summed E-state index contributed by atoms with van der Waals surface area (Å²) < 4.78 is 22.7. The number of fused-ring (bicyclic) bond motifs is 1. The molecule has 50 heavy (non-hydrogen) atoms. The number of thioether (sulfide) groups is 2. The summed E-state index contributed by atoms with van der Waals surface area (Å²) in [6.07, 6.45) is 16.4. The van der Waals surface area contributed by atoms with Crippen LogP contribution in [0.1, 0.15) is 117 Å². The van der Waals surface area contributed by atoms with Crippen LogP contribution >= 0.6 is 23.5 Å². The van der Waals surface area contributed by atoms with E-state index in [-0.39, 0.29) is 42.6 Å². The predicted molar refractivity (Wildman–Crippen MR) is 193 cm³/mol. The standard InChI is InChI=1S/C39H51NO8S2/c1-4-7-11-26-13-17-28(18-14-26)36(42)47-31-21-22-32(48-37(43)29-19-15-27(16-20-29)12-8-5-2)35-34(31)49-39(50-35)30(25-40)38(44)46-24-10-9-23-45-33(41)6-3/h6,21-22,26-29H,3-5,7-20,23-24H2,1-2H3. The Labute approximate surface area is 305 Å². The van der Waals surface area contributed by atoms with Crippen molar-refractivity contribution in [2.24, 2.45) is 23.7 Å². The Kier molecular flexibility index (Phi) is 16.3. The summed E-state index contributed by atoms with van der Waals surface area (Å²) in [6.45, 7) is 7.95. The lowest BCUT2D eigenvalue weighted by molar-refractivity contribution is -0.141. The van der Waals surface area contributed by atoms with Crippen molar-refractivity contribution in [3.63, 3.8) is 0 Å². The van der Waals surface area contributed by atoms with Gasteiger partial charge in [-0.15, -0.1) is 0 Å². The average molecular weight is 726 g/mol. The van der Waals surface area contributed by atoms with E-state index in [0.29, 0.717) is 50.2 Å². The van der Waals surface area contributed by atoms with E-state index in [1.165, 1.54) is 38.5 Å². The van der Waals surface area contributed by atoms with Crippen LogP contribution in [0.5, 0.6) is 11.5 Å². The lowest BCUT2D eigenvalue weighted by Crippen LogP contribution is -2.26. The third-order valence-corrected chi connectivity index (χ3v) is 12.5. The number of carbonyl (C=O) groups excluding carboxylic acids is 4. The first-order valence-corrected chi connectivity index (χ1v) is 20.0. The van der Waals surface area contributed by atoms with Gasteiger partial charge in [0, 0.05) is 6.08 Å². The number of hydrogen-bond acceptors (Lipinski definition) is 11. The van der Waals surface area contributed by atoms with Crippen LogP contribution in [-0.4, -0.2) is 37.1 Å². The van der Waals surface area contributed by atoms with Gasteiger partial charge in [-0.1, -0.05) is 82.5 Å². The fraction of sp³-hybridized carbons (Fsp3) is 0.615. The molecule has 2 fully saturated rings. The fourth-order valence-corrected chi connectivity index (χ4v) is 9.34. The van der Waals surface area contributed by atoms with Crippen LogP contribution in [0.3, 0.4) is 0 Å².